The Labute approximate surface area is 814 Å². The maximum absolute atomic E-state index is 11.3. The predicted molar refractivity (Wildman–Crippen MR) is 526 cm³/mol. The number of benzene rings is 6. The molecule has 0 saturated heterocycles. The smallest absolute Gasteiger partial charge is 0.330 e. The van der Waals surface area contributed by atoms with E-state index >= 15 is 0 Å². The average Bonchev–Trinajstić information content (AvgIpc) is 0.786. The minimum Gasteiger partial charge on any atom is -0.502 e. The number of hydrogen-bond donors (Lipinski definition) is 0. The molecule has 0 spiro atoms. The van der Waals surface area contributed by atoms with Crippen LogP contribution in [0, 0.1) is 0 Å². The highest BCUT2D eigenvalue weighted by Gasteiger charge is 2.32. The van der Waals surface area contributed by atoms with Gasteiger partial charge in [0.2, 0.25) is 0 Å². The lowest BCUT2D eigenvalue weighted by atomic mass is 10.0. The van der Waals surface area contributed by atoms with Gasteiger partial charge in [-0.1, -0.05) is 83.0 Å². The molecular weight excluding hydrogens is 1770 g/mol. The molecule has 6 aromatic rings. The third-order valence-electron chi connectivity index (χ3n) is 23.3. The molecule has 0 aliphatic carbocycles. The van der Waals surface area contributed by atoms with Gasteiger partial charge in [0.05, 0.1) is 78.1 Å². The summed E-state index contributed by atoms with van der Waals surface area (Å²) in [4.78, 5) is 55.7. The first kappa shape index (κ1) is 106. The molecule has 10 heterocycles. The summed E-state index contributed by atoms with van der Waals surface area (Å²) in [6.07, 6.45) is 19.8. The van der Waals surface area contributed by atoms with E-state index in [1.165, 1.54) is 76.3 Å². The Hall–Kier alpha value is -12.5. The van der Waals surface area contributed by atoms with Crippen LogP contribution in [0.25, 0.3) is 0 Å². The van der Waals surface area contributed by atoms with Gasteiger partial charge in [-0.3, -0.25) is 49.0 Å². The number of ether oxygens (including phenoxy) is 19. The van der Waals surface area contributed by atoms with Crippen LogP contribution in [-0.4, -0.2) is 259 Å². The van der Waals surface area contributed by atoms with Crippen molar-refractivity contribution in [2.45, 2.75) is 130 Å². The van der Waals surface area contributed by atoms with Gasteiger partial charge in [0.15, 0.2) is 0 Å². The van der Waals surface area contributed by atoms with Crippen molar-refractivity contribution >= 4 is 17.9 Å². The number of hydrogen-bond acceptors (Lipinski definition) is 32. The monoisotopic (exact) mass is 1910 g/mol. The first-order valence-electron chi connectivity index (χ1n) is 47.1. The molecule has 0 bridgehead atoms. The molecule has 2 unspecified atom stereocenters. The number of esters is 3. The number of para-hydroxylation sites is 1. The fraction of sp³-hybridized carbons (Fsp3) is 0.443. The van der Waals surface area contributed by atoms with Gasteiger partial charge in [0.1, 0.15) is 143 Å². The Morgan fingerprint density at radius 1 is 0.304 bits per heavy atom. The Balaban J connectivity index is 0.000000160. The third kappa shape index (κ3) is 34.0. The summed E-state index contributed by atoms with van der Waals surface area (Å²) >= 11 is 0. The molecule has 0 fully saturated rings. The maximum Gasteiger partial charge on any atom is 0.330 e. The zero-order chi connectivity index (χ0) is 97.6. The maximum atomic E-state index is 11.3. The van der Waals surface area contributed by atoms with Crippen LogP contribution in [0.3, 0.4) is 0 Å². The average molecular weight is 1910 g/mol. The largest absolute Gasteiger partial charge is 0.502 e. The van der Waals surface area contributed by atoms with E-state index < -0.39 is 11.9 Å². The predicted octanol–water partition coefficient (Wildman–Crippen LogP) is 15.1. The molecule has 10 aliphatic rings. The molecule has 0 aromatic heterocycles. The van der Waals surface area contributed by atoms with Crippen LogP contribution < -0.4 is 52.1 Å². The SMILES string of the molecule is C=CC(=O)OC(C)CN1COc2cc3c(cc2C1)OCN(CC(C)OC(=O)C=C)C3.C=CC(=O)OCCCN1COc2ccc(OC)cc2C1.C=CCN1COc2cc3c(cc2C1)OCN(CC=C)C3.C=COCCCN1COc2cc3c(cc2C1)OCN(CCCOC=C)C3.C=COCCCN1COc2ccc3c(c2C1)CN(CCCOC=C)CO3.C=COCCCN1COc2ccccc2C1. The van der Waals surface area contributed by atoms with E-state index in [1.54, 1.807) is 7.11 Å². The molecule has 0 amide bonds. The van der Waals surface area contributed by atoms with Crippen LogP contribution in [0.1, 0.15) is 108 Å². The second-order valence-electron chi connectivity index (χ2n) is 34.1. The molecule has 746 valence electrons. The van der Waals surface area contributed by atoms with Gasteiger partial charge < -0.3 is 90.0 Å². The molecular formula is C106H140N10O22. The normalized spacial score (nSPS) is 16.6. The van der Waals surface area contributed by atoms with E-state index in [2.05, 4.69) is 145 Å². The molecule has 0 radical (unpaired) electrons. The van der Waals surface area contributed by atoms with E-state index in [9.17, 15) is 14.4 Å². The quantitative estimate of drug-likeness (QED) is 0.00860. The van der Waals surface area contributed by atoms with E-state index in [1.807, 2.05) is 86.7 Å². The topological polar surface area (TPSA) is 259 Å². The highest BCUT2D eigenvalue weighted by Crippen LogP contribution is 2.41. The summed E-state index contributed by atoms with van der Waals surface area (Å²) in [6, 6.07) is 30.6. The molecule has 32 nitrogen and oxygen atoms in total. The standard InChI is InChI=1S/C22H28N2O6.2C20H28N2O4.C16H20N2O2.C15H19NO4.C13H17NO2/c1-5-21(25)29-15(3)9-23-11-17-7-20-18(8-19(17)27-13-23)12-24(14-28-20)10-16(4)30-22(26)6-2;1-3-23-11-5-9-21-13-17-18-14-22(10-6-12-24-4-2)16-26-20(18)8-7-19(17)25-15-21;1-3-23-9-5-7-21-13-17-11-20-18(12-19(17)25-15-21)14-22(16-26-20)8-6-10-24-4-2;1-3-5-17-9-13-7-16-14(8-15(13)19-11-17)10-18(6-4-2)12-20-16;1-3-15(17)19-8-4-7-16-10-12-9-13(18-2)5-6-14(12)20-11-16;1-2-15-9-5-8-14-10-12-6-3-4-7-13(12)16-11-14/h5-8,15-16H,1-2,9-14H2,3-4H3;3-4,7-8H,1-2,5-6,9-16H2;3-4,11-12H,1-2,5-10,13-16H2;3-4,7-8H,1-2,5-6,9-12H2;3,5-6,9H,1,4,7-8,10-11H2,2H3;2-4,6-7H,1,5,8-11H2. The second kappa shape index (κ2) is 57.7. The van der Waals surface area contributed by atoms with Crippen LogP contribution in [0.2, 0.25) is 0 Å². The molecule has 10 aliphatic heterocycles. The first-order valence-corrected chi connectivity index (χ1v) is 47.1. The van der Waals surface area contributed by atoms with E-state index in [0.717, 1.165) is 242 Å². The lowest BCUT2D eigenvalue weighted by molar-refractivity contribution is -0.144. The molecule has 16 rings (SSSR count). The van der Waals surface area contributed by atoms with Gasteiger partial charge in [-0.15, -0.1) is 13.2 Å². The van der Waals surface area contributed by atoms with Gasteiger partial charge in [-0.2, -0.15) is 0 Å². The molecule has 0 saturated carbocycles. The van der Waals surface area contributed by atoms with Gasteiger partial charge in [0.25, 0.3) is 0 Å². The van der Waals surface area contributed by atoms with Gasteiger partial charge in [-0.05, 0) is 125 Å². The van der Waals surface area contributed by atoms with Crippen molar-refractivity contribution in [1.82, 2.24) is 49.0 Å². The van der Waals surface area contributed by atoms with Crippen LogP contribution in [0.4, 0.5) is 0 Å². The van der Waals surface area contributed by atoms with Gasteiger partial charge in [-0.25, -0.2) is 14.4 Å². The molecule has 138 heavy (non-hydrogen) atoms. The zero-order valence-corrected chi connectivity index (χ0v) is 80.8. The van der Waals surface area contributed by atoms with Crippen molar-refractivity contribution in [3.8, 4) is 63.2 Å². The van der Waals surface area contributed by atoms with Crippen molar-refractivity contribution in [3.05, 3.63) is 274 Å². The Morgan fingerprint density at radius 2 is 0.572 bits per heavy atom. The van der Waals surface area contributed by atoms with Crippen LogP contribution in [0.15, 0.2) is 218 Å². The fourth-order valence-corrected chi connectivity index (χ4v) is 16.7. The number of nitrogens with zero attached hydrogens (tertiary/aromatic N) is 10. The summed E-state index contributed by atoms with van der Waals surface area (Å²) in [7, 11) is 1.65. The summed E-state index contributed by atoms with van der Waals surface area (Å²) < 4.78 is 105. The van der Waals surface area contributed by atoms with Crippen molar-refractivity contribution in [3.63, 3.8) is 0 Å². The number of carbonyl (C=O) groups is 3. The summed E-state index contributed by atoms with van der Waals surface area (Å²) in [5.74, 6) is 9.03. The van der Waals surface area contributed by atoms with Crippen LogP contribution >= 0.6 is 0 Å². The summed E-state index contributed by atoms with van der Waals surface area (Å²) in [6.45, 7) is 65.5. The number of rotatable bonds is 43. The number of methoxy groups -OCH3 is 1. The lowest BCUT2D eigenvalue weighted by Crippen LogP contribution is -2.39. The van der Waals surface area contributed by atoms with Crippen LogP contribution in [0.5, 0.6) is 63.2 Å². The molecule has 2 atom stereocenters. The summed E-state index contributed by atoms with van der Waals surface area (Å²) in [5.41, 5.74) is 11.7. The van der Waals surface area contributed by atoms with E-state index in [-0.39, 0.29) is 18.2 Å². The van der Waals surface area contributed by atoms with Crippen molar-refractivity contribution in [1.29, 1.82) is 0 Å². The van der Waals surface area contributed by atoms with E-state index in [0.29, 0.717) is 127 Å². The second-order valence-corrected chi connectivity index (χ2v) is 34.1. The molecule has 6 aromatic carbocycles. The Bertz CT molecular complexity index is 4750. The first-order chi connectivity index (χ1) is 67.4. The van der Waals surface area contributed by atoms with E-state index in [4.69, 9.17) is 90.0 Å². The molecule has 0 N–H and O–H groups in total. The third-order valence-corrected chi connectivity index (χ3v) is 23.3. The fourth-order valence-electron chi connectivity index (χ4n) is 16.7. The van der Waals surface area contributed by atoms with Crippen molar-refractivity contribution < 1.29 is 104 Å². The minimum atomic E-state index is -0.429. The molecule has 32 heteroatoms. The zero-order valence-electron chi connectivity index (χ0n) is 80.8. The Morgan fingerprint density at radius 3 is 0.906 bits per heavy atom. The number of carbonyl (C=O) groups excluding carboxylic acids is 3. The number of fused-ring (bicyclic) bond motifs is 11. The Kier molecular flexibility index (Phi) is 44.3. The lowest BCUT2D eigenvalue weighted by Gasteiger charge is -2.35. The summed E-state index contributed by atoms with van der Waals surface area (Å²) in [5, 5.41) is 0. The highest BCUT2D eigenvalue weighted by atomic mass is 16.6. The van der Waals surface area contributed by atoms with Gasteiger partial charge in [0, 0.05) is 205 Å². The van der Waals surface area contributed by atoms with Gasteiger partial charge >= 0.3 is 17.9 Å². The van der Waals surface area contributed by atoms with Crippen molar-refractivity contribution in [2.75, 3.05) is 180 Å². The van der Waals surface area contributed by atoms with Crippen LogP contribution in [-0.2, 0) is 118 Å². The highest BCUT2D eigenvalue weighted by molar-refractivity contribution is 5.82. The minimum absolute atomic E-state index is 0.264. The van der Waals surface area contributed by atoms with Crippen molar-refractivity contribution in [2.24, 2.45) is 0 Å².